The van der Waals surface area contributed by atoms with E-state index in [-0.39, 0.29) is 18.2 Å². The second-order valence-corrected chi connectivity index (χ2v) is 9.54. The number of carboxylic acid groups (broad SMARTS) is 1. The van der Waals surface area contributed by atoms with Crippen LogP contribution in [-0.2, 0) is 24.4 Å². The van der Waals surface area contributed by atoms with Gasteiger partial charge in [-0.2, -0.15) is 0 Å². The van der Waals surface area contributed by atoms with Crippen LogP contribution in [0, 0.1) is 5.92 Å². The van der Waals surface area contributed by atoms with E-state index in [9.17, 15) is 14.0 Å². The third-order valence-electron chi connectivity index (χ3n) is 6.12. The van der Waals surface area contributed by atoms with Crippen molar-refractivity contribution in [3.63, 3.8) is 0 Å². The Morgan fingerprint density at radius 1 is 1.00 bits per heavy atom. The number of aliphatic carboxylic acids is 1. The summed E-state index contributed by atoms with van der Waals surface area (Å²) in [4.78, 5) is 33.6. The summed E-state index contributed by atoms with van der Waals surface area (Å²) < 4.78 is 13.0. The van der Waals surface area contributed by atoms with Gasteiger partial charge in [0.2, 0.25) is 0 Å². The first-order valence-electron chi connectivity index (χ1n) is 12.0. The molecule has 0 saturated heterocycles. The number of rotatable bonds is 10. The lowest BCUT2D eigenvalue weighted by molar-refractivity contribution is -0.138. The largest absolute Gasteiger partial charge is 0.481 e. The van der Waals surface area contributed by atoms with Crippen LogP contribution in [0.2, 0.25) is 5.02 Å². The molecule has 0 radical (unpaired) electrons. The van der Waals surface area contributed by atoms with E-state index in [1.165, 1.54) is 0 Å². The normalized spacial score (nSPS) is 11.9. The van der Waals surface area contributed by atoms with Gasteiger partial charge in [-0.1, -0.05) is 54.9 Å². The Hall–Kier alpha value is -3.84. The predicted octanol–water partition coefficient (Wildman–Crippen LogP) is 6.39. The molecule has 1 atom stereocenters. The first kappa shape index (κ1) is 26.2. The first-order chi connectivity index (χ1) is 17.8. The van der Waals surface area contributed by atoms with Gasteiger partial charge in [0.25, 0.3) is 5.91 Å². The lowest BCUT2D eigenvalue weighted by Gasteiger charge is -2.13. The van der Waals surface area contributed by atoms with E-state index in [0.29, 0.717) is 58.0 Å². The van der Waals surface area contributed by atoms with Crippen molar-refractivity contribution in [2.75, 3.05) is 0 Å². The van der Waals surface area contributed by atoms with Gasteiger partial charge >= 0.3 is 5.97 Å². The fraction of sp³-hybridized carbons (Fsp3) is 0.241. The summed E-state index contributed by atoms with van der Waals surface area (Å²) in [6, 6.07) is 19.5. The van der Waals surface area contributed by atoms with Gasteiger partial charge in [-0.25, -0.2) is 14.4 Å². The van der Waals surface area contributed by atoms with Gasteiger partial charge in [0.1, 0.15) is 6.67 Å². The van der Waals surface area contributed by atoms with Crippen LogP contribution >= 0.6 is 11.6 Å². The molecule has 8 heteroatoms. The minimum absolute atomic E-state index is 0.0413. The molecule has 1 aromatic heterocycles. The van der Waals surface area contributed by atoms with Crippen LogP contribution in [-0.4, -0.2) is 27.0 Å². The zero-order valence-corrected chi connectivity index (χ0v) is 21.1. The number of hydrogen-bond acceptors (Lipinski definition) is 4. The SMILES string of the molecule is CC(CCc1nc2cc(C(=O)NCc3cccc(Cl)c3)ccc2nc1-c1ccc(CF)cc1)CC(=O)O. The zero-order chi connectivity index (χ0) is 26.4. The molecule has 0 fully saturated rings. The molecule has 0 aliphatic carbocycles. The van der Waals surface area contributed by atoms with Crippen LogP contribution < -0.4 is 5.32 Å². The van der Waals surface area contributed by atoms with Gasteiger partial charge in [0.15, 0.2) is 0 Å². The summed E-state index contributed by atoms with van der Waals surface area (Å²) in [6.07, 6.45) is 1.20. The van der Waals surface area contributed by atoms with Gasteiger partial charge < -0.3 is 10.4 Å². The van der Waals surface area contributed by atoms with Crippen LogP contribution in [0.3, 0.4) is 0 Å². The van der Waals surface area contributed by atoms with Crippen molar-refractivity contribution in [3.05, 3.63) is 94.1 Å². The van der Waals surface area contributed by atoms with E-state index >= 15 is 0 Å². The van der Waals surface area contributed by atoms with Crippen LogP contribution in [0.1, 0.15) is 46.9 Å². The number of aryl methyl sites for hydroxylation is 1. The maximum Gasteiger partial charge on any atom is 0.303 e. The van der Waals surface area contributed by atoms with E-state index in [1.807, 2.05) is 31.2 Å². The van der Waals surface area contributed by atoms with Crippen molar-refractivity contribution in [1.82, 2.24) is 15.3 Å². The minimum atomic E-state index is -0.840. The Bertz CT molecular complexity index is 1430. The molecule has 190 valence electrons. The number of alkyl halides is 1. The predicted molar refractivity (Wildman–Crippen MR) is 142 cm³/mol. The Balaban J connectivity index is 1.63. The molecule has 0 saturated carbocycles. The van der Waals surface area contributed by atoms with Gasteiger partial charge in [-0.15, -0.1) is 0 Å². The van der Waals surface area contributed by atoms with E-state index in [2.05, 4.69) is 5.32 Å². The number of fused-ring (bicyclic) bond motifs is 1. The second-order valence-electron chi connectivity index (χ2n) is 9.11. The number of benzene rings is 3. The topological polar surface area (TPSA) is 92.2 Å². The molecule has 0 bridgehead atoms. The van der Waals surface area contributed by atoms with Gasteiger partial charge in [0.05, 0.1) is 22.4 Å². The molecule has 0 aliphatic heterocycles. The fourth-order valence-corrected chi connectivity index (χ4v) is 4.32. The lowest BCUT2D eigenvalue weighted by Crippen LogP contribution is -2.22. The number of aromatic nitrogens is 2. The smallest absolute Gasteiger partial charge is 0.303 e. The number of halogens is 2. The van der Waals surface area contributed by atoms with Gasteiger partial charge in [-0.3, -0.25) is 9.59 Å². The average Bonchev–Trinajstić information content (AvgIpc) is 2.89. The molecule has 6 nitrogen and oxygen atoms in total. The van der Waals surface area contributed by atoms with Crippen LogP contribution in [0.4, 0.5) is 4.39 Å². The highest BCUT2D eigenvalue weighted by Crippen LogP contribution is 2.27. The number of hydrogen-bond donors (Lipinski definition) is 2. The molecule has 1 amide bonds. The summed E-state index contributed by atoms with van der Waals surface area (Å²) in [5.41, 5.74) is 5.28. The molecule has 0 spiro atoms. The quantitative estimate of drug-likeness (QED) is 0.253. The highest BCUT2D eigenvalue weighted by Gasteiger charge is 2.16. The number of amides is 1. The summed E-state index contributed by atoms with van der Waals surface area (Å²) in [6.45, 7) is 1.68. The zero-order valence-electron chi connectivity index (χ0n) is 20.4. The molecule has 37 heavy (non-hydrogen) atoms. The third kappa shape index (κ3) is 6.89. The monoisotopic (exact) mass is 519 g/mol. The number of carboxylic acids is 1. The van der Waals surface area contributed by atoms with E-state index in [1.54, 1.807) is 42.5 Å². The first-order valence-corrected chi connectivity index (χ1v) is 12.4. The molecule has 1 heterocycles. The molecule has 4 rings (SSSR count). The Morgan fingerprint density at radius 2 is 1.78 bits per heavy atom. The number of carbonyl (C=O) groups is 2. The molecular formula is C29H27ClFN3O3. The summed E-state index contributed by atoms with van der Waals surface area (Å²) in [5.74, 6) is -1.13. The van der Waals surface area contributed by atoms with Crippen molar-refractivity contribution in [1.29, 1.82) is 0 Å². The maximum absolute atomic E-state index is 13.0. The fourth-order valence-electron chi connectivity index (χ4n) is 4.10. The van der Waals surface area contributed by atoms with Gasteiger partial charge in [-0.05, 0) is 60.2 Å². The molecular weight excluding hydrogens is 493 g/mol. The second kappa shape index (κ2) is 11.9. The number of nitrogens with zero attached hydrogens (tertiary/aromatic N) is 2. The van der Waals surface area contributed by atoms with E-state index in [4.69, 9.17) is 26.7 Å². The van der Waals surface area contributed by atoms with E-state index in [0.717, 1.165) is 11.1 Å². The molecule has 2 N–H and O–H groups in total. The Labute approximate surface area is 219 Å². The van der Waals surface area contributed by atoms with Crippen LogP contribution in [0.5, 0.6) is 0 Å². The summed E-state index contributed by atoms with van der Waals surface area (Å²) >= 11 is 6.03. The minimum Gasteiger partial charge on any atom is -0.481 e. The standard InChI is InChI=1S/C29H27ClFN3O3/c1-18(13-27(35)36)5-11-25-28(21-8-6-19(16-31)7-9-21)34-24-12-10-22(15-26(24)33-25)29(37)32-17-20-3-2-4-23(30)14-20/h2-4,6-10,12,14-15,18H,5,11,13,16-17H2,1H3,(H,32,37)(H,35,36). The highest BCUT2D eigenvalue weighted by atomic mass is 35.5. The van der Waals surface area contributed by atoms with Crippen molar-refractivity contribution in [3.8, 4) is 11.3 Å². The molecule has 3 aromatic carbocycles. The summed E-state index contributed by atoms with van der Waals surface area (Å²) in [5, 5.41) is 12.6. The van der Waals surface area contributed by atoms with Gasteiger partial charge in [0, 0.05) is 29.1 Å². The van der Waals surface area contributed by atoms with Crippen LogP contribution in [0.25, 0.3) is 22.3 Å². The Morgan fingerprint density at radius 3 is 2.49 bits per heavy atom. The average molecular weight is 520 g/mol. The van der Waals surface area contributed by atoms with E-state index < -0.39 is 12.6 Å². The summed E-state index contributed by atoms with van der Waals surface area (Å²) in [7, 11) is 0. The third-order valence-corrected chi connectivity index (χ3v) is 6.35. The Kier molecular flexibility index (Phi) is 8.46. The molecule has 0 aliphatic rings. The number of nitrogens with one attached hydrogen (secondary N) is 1. The van der Waals surface area contributed by atoms with Crippen molar-refractivity contribution >= 4 is 34.5 Å². The van der Waals surface area contributed by atoms with Crippen molar-refractivity contribution in [2.24, 2.45) is 5.92 Å². The van der Waals surface area contributed by atoms with Crippen molar-refractivity contribution in [2.45, 2.75) is 39.4 Å². The molecule has 4 aromatic rings. The van der Waals surface area contributed by atoms with Crippen LogP contribution in [0.15, 0.2) is 66.7 Å². The molecule has 1 unspecified atom stereocenters. The lowest BCUT2D eigenvalue weighted by atomic mass is 9.98. The number of carbonyl (C=O) groups excluding carboxylic acids is 1. The maximum atomic E-state index is 13.0. The highest BCUT2D eigenvalue weighted by molar-refractivity contribution is 6.30. The van der Waals surface area contributed by atoms with Crippen molar-refractivity contribution < 1.29 is 19.1 Å².